The lowest BCUT2D eigenvalue weighted by Crippen LogP contribution is -2.08. The minimum Gasteiger partial charge on any atom is -0.477 e. The molecule has 0 bridgehead atoms. The molecular formula is C14H13FN2O2. The Kier molecular flexibility index (Phi) is 3.75. The van der Waals surface area contributed by atoms with Crippen LogP contribution in [0.5, 0.6) is 0 Å². The summed E-state index contributed by atoms with van der Waals surface area (Å²) >= 11 is 0. The van der Waals surface area contributed by atoms with Gasteiger partial charge in [-0.25, -0.2) is 14.2 Å². The lowest BCUT2D eigenvalue weighted by Gasteiger charge is -2.15. The summed E-state index contributed by atoms with van der Waals surface area (Å²) in [5, 5.41) is 12.0. The van der Waals surface area contributed by atoms with Crippen molar-refractivity contribution in [2.75, 3.05) is 5.32 Å². The lowest BCUT2D eigenvalue weighted by molar-refractivity contribution is 0.0690. The summed E-state index contributed by atoms with van der Waals surface area (Å²) in [5.41, 5.74) is 1.38. The molecule has 98 valence electrons. The molecule has 1 heterocycles. The summed E-state index contributed by atoms with van der Waals surface area (Å²) < 4.78 is 13.1. The Hall–Kier alpha value is -2.43. The Morgan fingerprint density at radius 2 is 2.16 bits per heavy atom. The van der Waals surface area contributed by atoms with E-state index in [9.17, 15) is 9.18 Å². The average Bonchev–Trinajstić information content (AvgIpc) is 2.39. The lowest BCUT2D eigenvalue weighted by atomic mass is 10.1. The first-order chi connectivity index (χ1) is 9.06. The van der Waals surface area contributed by atoms with Crippen LogP contribution in [0.2, 0.25) is 0 Å². The van der Waals surface area contributed by atoms with Crippen molar-refractivity contribution in [3.63, 3.8) is 0 Å². The third kappa shape index (κ3) is 3.28. The molecule has 0 aliphatic carbocycles. The average molecular weight is 260 g/mol. The summed E-state index contributed by atoms with van der Waals surface area (Å²) in [6, 6.07) is 9.24. The highest BCUT2D eigenvalue weighted by Gasteiger charge is 2.09. The maximum atomic E-state index is 13.1. The third-order valence-electron chi connectivity index (χ3n) is 2.71. The second kappa shape index (κ2) is 5.48. The summed E-state index contributed by atoms with van der Waals surface area (Å²) in [5.74, 6) is -1.38. The molecule has 0 aliphatic rings. The van der Waals surface area contributed by atoms with Crippen LogP contribution in [0.15, 0.2) is 42.6 Å². The number of halogens is 1. The second-order valence-corrected chi connectivity index (χ2v) is 4.16. The number of hydrogen-bond donors (Lipinski definition) is 2. The zero-order valence-electron chi connectivity index (χ0n) is 10.3. The Morgan fingerprint density at radius 3 is 2.84 bits per heavy atom. The first-order valence-electron chi connectivity index (χ1n) is 5.77. The third-order valence-corrected chi connectivity index (χ3v) is 2.71. The zero-order chi connectivity index (χ0) is 13.8. The van der Waals surface area contributed by atoms with Gasteiger partial charge in [0, 0.05) is 17.9 Å². The second-order valence-electron chi connectivity index (χ2n) is 4.16. The first kappa shape index (κ1) is 13.0. The van der Waals surface area contributed by atoms with E-state index in [1.165, 1.54) is 24.4 Å². The number of nitrogens with zero attached hydrogens (tertiary/aromatic N) is 1. The van der Waals surface area contributed by atoms with E-state index >= 15 is 0 Å². The van der Waals surface area contributed by atoms with Gasteiger partial charge in [-0.3, -0.25) is 0 Å². The molecule has 0 saturated heterocycles. The standard InChI is InChI=1S/C14H13FN2O2/c1-9(10-3-2-4-11(15)7-10)17-12-5-6-16-13(8-12)14(18)19/h2-9H,1H3,(H,16,17)(H,18,19). The number of carboxylic acid groups (broad SMARTS) is 1. The van der Waals surface area contributed by atoms with E-state index in [2.05, 4.69) is 10.3 Å². The molecule has 2 aromatic rings. The molecule has 0 aliphatic heterocycles. The predicted molar refractivity (Wildman–Crippen MR) is 69.6 cm³/mol. The number of rotatable bonds is 4. The highest BCUT2D eigenvalue weighted by atomic mass is 19.1. The fourth-order valence-corrected chi connectivity index (χ4v) is 1.75. The van der Waals surface area contributed by atoms with Crippen molar-refractivity contribution in [1.29, 1.82) is 0 Å². The molecule has 2 N–H and O–H groups in total. The van der Waals surface area contributed by atoms with Crippen LogP contribution in [0, 0.1) is 5.82 Å². The van der Waals surface area contributed by atoms with Crippen LogP contribution in [0.4, 0.5) is 10.1 Å². The molecule has 0 radical (unpaired) electrons. The van der Waals surface area contributed by atoms with Gasteiger partial charge in [-0.1, -0.05) is 12.1 Å². The highest BCUT2D eigenvalue weighted by Crippen LogP contribution is 2.19. The van der Waals surface area contributed by atoms with Gasteiger partial charge in [0.25, 0.3) is 0 Å². The Labute approximate surface area is 109 Å². The molecule has 2 rings (SSSR count). The molecule has 0 spiro atoms. The molecule has 5 heteroatoms. The number of pyridine rings is 1. The van der Waals surface area contributed by atoms with Gasteiger partial charge in [0.2, 0.25) is 0 Å². The van der Waals surface area contributed by atoms with E-state index in [1.54, 1.807) is 18.2 Å². The van der Waals surface area contributed by atoms with Crippen molar-refractivity contribution < 1.29 is 14.3 Å². The maximum absolute atomic E-state index is 13.1. The SMILES string of the molecule is CC(Nc1ccnc(C(=O)O)c1)c1cccc(F)c1. The number of benzene rings is 1. The monoisotopic (exact) mass is 260 g/mol. The van der Waals surface area contributed by atoms with Crippen molar-refractivity contribution in [1.82, 2.24) is 4.98 Å². The minimum atomic E-state index is -1.08. The van der Waals surface area contributed by atoms with Gasteiger partial charge in [0.15, 0.2) is 0 Å². The van der Waals surface area contributed by atoms with Gasteiger partial charge in [0.1, 0.15) is 11.5 Å². The largest absolute Gasteiger partial charge is 0.477 e. The van der Waals surface area contributed by atoms with E-state index in [0.717, 1.165) is 5.56 Å². The van der Waals surface area contributed by atoms with Gasteiger partial charge >= 0.3 is 5.97 Å². The van der Waals surface area contributed by atoms with Crippen molar-refractivity contribution in [3.8, 4) is 0 Å². The van der Waals surface area contributed by atoms with Crippen molar-refractivity contribution >= 4 is 11.7 Å². The Balaban J connectivity index is 2.17. The van der Waals surface area contributed by atoms with Crippen molar-refractivity contribution in [3.05, 3.63) is 59.7 Å². The normalized spacial score (nSPS) is 11.9. The quantitative estimate of drug-likeness (QED) is 0.886. The van der Waals surface area contributed by atoms with Crippen LogP contribution in [-0.2, 0) is 0 Å². The molecule has 0 saturated carbocycles. The van der Waals surface area contributed by atoms with Crippen molar-refractivity contribution in [2.24, 2.45) is 0 Å². The van der Waals surface area contributed by atoms with Crippen LogP contribution in [0.1, 0.15) is 29.0 Å². The fraction of sp³-hybridized carbons (Fsp3) is 0.143. The van der Waals surface area contributed by atoms with Crippen molar-refractivity contribution in [2.45, 2.75) is 13.0 Å². The number of carbonyl (C=O) groups is 1. The molecule has 4 nitrogen and oxygen atoms in total. The molecule has 1 aromatic heterocycles. The zero-order valence-corrected chi connectivity index (χ0v) is 10.3. The maximum Gasteiger partial charge on any atom is 0.354 e. The van der Waals surface area contributed by atoms with E-state index in [1.807, 2.05) is 6.92 Å². The number of nitrogens with one attached hydrogen (secondary N) is 1. The predicted octanol–water partition coefficient (Wildman–Crippen LogP) is 3.09. The molecule has 1 aromatic carbocycles. The van der Waals surface area contributed by atoms with Crippen LogP contribution in [0.3, 0.4) is 0 Å². The van der Waals surface area contributed by atoms with E-state index in [-0.39, 0.29) is 17.6 Å². The molecular weight excluding hydrogens is 247 g/mol. The van der Waals surface area contributed by atoms with E-state index in [4.69, 9.17) is 5.11 Å². The fourth-order valence-electron chi connectivity index (χ4n) is 1.75. The summed E-state index contributed by atoms with van der Waals surface area (Å²) in [6.45, 7) is 1.87. The number of carboxylic acids is 1. The van der Waals surface area contributed by atoms with Gasteiger partial charge < -0.3 is 10.4 Å². The first-order valence-corrected chi connectivity index (χ1v) is 5.77. The van der Waals surface area contributed by atoms with Gasteiger partial charge in [-0.05, 0) is 36.8 Å². The summed E-state index contributed by atoms with van der Waals surface area (Å²) in [7, 11) is 0. The van der Waals surface area contributed by atoms with E-state index in [0.29, 0.717) is 5.69 Å². The topological polar surface area (TPSA) is 62.2 Å². The van der Waals surface area contributed by atoms with Crippen LogP contribution < -0.4 is 5.32 Å². The van der Waals surface area contributed by atoms with Crippen LogP contribution in [-0.4, -0.2) is 16.1 Å². The number of anilines is 1. The van der Waals surface area contributed by atoms with Gasteiger partial charge in [-0.2, -0.15) is 0 Å². The van der Waals surface area contributed by atoms with E-state index < -0.39 is 5.97 Å². The highest BCUT2D eigenvalue weighted by molar-refractivity contribution is 5.86. The summed E-state index contributed by atoms with van der Waals surface area (Å²) in [6.07, 6.45) is 1.42. The molecule has 19 heavy (non-hydrogen) atoms. The van der Waals surface area contributed by atoms with Crippen LogP contribution in [0.25, 0.3) is 0 Å². The number of aromatic carboxylic acids is 1. The smallest absolute Gasteiger partial charge is 0.354 e. The number of hydrogen-bond acceptors (Lipinski definition) is 3. The molecule has 0 amide bonds. The Bertz CT molecular complexity index is 602. The molecule has 1 atom stereocenters. The van der Waals surface area contributed by atoms with Gasteiger partial charge in [-0.15, -0.1) is 0 Å². The number of aromatic nitrogens is 1. The Morgan fingerprint density at radius 1 is 1.37 bits per heavy atom. The molecule has 1 unspecified atom stereocenters. The molecule has 0 fully saturated rings. The van der Waals surface area contributed by atoms with Crippen LogP contribution >= 0.6 is 0 Å². The summed E-state index contributed by atoms with van der Waals surface area (Å²) in [4.78, 5) is 14.5. The van der Waals surface area contributed by atoms with Gasteiger partial charge in [0.05, 0.1) is 0 Å². The minimum absolute atomic E-state index is 0.0311.